The number of aliphatic hydroxyl groups excluding tert-OH is 1. The zero-order valence-corrected chi connectivity index (χ0v) is 12.0. The number of nitrogens with two attached hydrogens (primary N) is 1. The molecule has 21 heavy (non-hydrogen) atoms. The van der Waals surface area contributed by atoms with Crippen LogP contribution in [0.5, 0.6) is 0 Å². The molecule has 1 heterocycles. The molecule has 0 radical (unpaired) electrons. The van der Waals surface area contributed by atoms with E-state index in [4.69, 9.17) is 11.1 Å². The number of aliphatic hydroxyl groups is 1. The molecule has 0 spiro atoms. The smallest absolute Gasteiger partial charge is 0.123 e. The molecule has 1 fully saturated rings. The highest BCUT2D eigenvalue weighted by Gasteiger charge is 2.21. The third kappa shape index (κ3) is 2.59. The first-order valence-corrected chi connectivity index (χ1v) is 7.42. The fourth-order valence-electron chi connectivity index (χ4n) is 3.23. The fraction of sp³-hybridized carbons (Fsp3) is 0.353. The van der Waals surface area contributed by atoms with Crippen molar-refractivity contribution in [2.45, 2.75) is 12.8 Å². The van der Waals surface area contributed by atoms with E-state index in [2.05, 4.69) is 17.0 Å². The first-order valence-electron chi connectivity index (χ1n) is 7.42. The van der Waals surface area contributed by atoms with Crippen LogP contribution >= 0.6 is 0 Å². The molecule has 4 nitrogen and oxygen atoms in total. The minimum absolute atomic E-state index is 0.102. The molecule has 1 atom stereocenters. The lowest BCUT2D eigenvalue weighted by molar-refractivity contribution is 0.209. The summed E-state index contributed by atoms with van der Waals surface area (Å²) in [6.07, 6.45) is 2.20. The summed E-state index contributed by atoms with van der Waals surface area (Å²) >= 11 is 0. The van der Waals surface area contributed by atoms with E-state index in [-0.39, 0.29) is 12.4 Å². The van der Waals surface area contributed by atoms with Gasteiger partial charge < -0.3 is 15.7 Å². The van der Waals surface area contributed by atoms with Gasteiger partial charge in [0.1, 0.15) is 5.84 Å². The number of anilines is 1. The van der Waals surface area contributed by atoms with Crippen LogP contribution in [-0.4, -0.2) is 30.6 Å². The van der Waals surface area contributed by atoms with Crippen molar-refractivity contribution in [1.29, 1.82) is 5.41 Å². The molecule has 4 N–H and O–H groups in total. The van der Waals surface area contributed by atoms with Gasteiger partial charge in [0.25, 0.3) is 0 Å². The molecule has 4 heteroatoms. The predicted octanol–water partition coefficient (Wildman–Crippen LogP) is 2.33. The van der Waals surface area contributed by atoms with Gasteiger partial charge in [-0.2, -0.15) is 0 Å². The Hall–Kier alpha value is -2.07. The summed E-state index contributed by atoms with van der Waals surface area (Å²) in [5, 5.41) is 19.3. The third-order valence-electron chi connectivity index (χ3n) is 4.31. The lowest BCUT2D eigenvalue weighted by Gasteiger charge is -2.34. The minimum atomic E-state index is 0.102. The molecule has 1 unspecified atom stereocenters. The highest BCUT2D eigenvalue weighted by molar-refractivity contribution is 6.10. The van der Waals surface area contributed by atoms with Crippen molar-refractivity contribution in [1.82, 2.24) is 0 Å². The summed E-state index contributed by atoms with van der Waals surface area (Å²) in [4.78, 5) is 2.34. The van der Waals surface area contributed by atoms with Gasteiger partial charge in [-0.25, -0.2) is 0 Å². The SMILES string of the molecule is N=C(N)c1ccc(N2CCCC(CO)C2)c2ccccc12. The Morgan fingerprint density at radius 3 is 2.71 bits per heavy atom. The Morgan fingerprint density at radius 2 is 2.00 bits per heavy atom. The Kier molecular flexibility index (Phi) is 3.80. The number of piperidine rings is 1. The number of amidine groups is 1. The topological polar surface area (TPSA) is 73.3 Å². The maximum Gasteiger partial charge on any atom is 0.123 e. The third-order valence-corrected chi connectivity index (χ3v) is 4.31. The molecule has 3 rings (SSSR count). The van der Waals surface area contributed by atoms with Crippen molar-refractivity contribution in [2.24, 2.45) is 11.7 Å². The Morgan fingerprint density at radius 1 is 1.24 bits per heavy atom. The van der Waals surface area contributed by atoms with Crippen LogP contribution in [0.15, 0.2) is 36.4 Å². The molecule has 0 amide bonds. The van der Waals surface area contributed by atoms with Gasteiger partial charge in [-0.1, -0.05) is 24.3 Å². The summed E-state index contributed by atoms with van der Waals surface area (Å²) in [7, 11) is 0. The molecule has 2 aromatic rings. The number of fused-ring (bicyclic) bond motifs is 1. The van der Waals surface area contributed by atoms with Crippen molar-refractivity contribution in [3.05, 3.63) is 42.0 Å². The van der Waals surface area contributed by atoms with Crippen molar-refractivity contribution in [3.63, 3.8) is 0 Å². The van der Waals surface area contributed by atoms with Crippen molar-refractivity contribution in [2.75, 3.05) is 24.6 Å². The van der Waals surface area contributed by atoms with E-state index < -0.39 is 0 Å². The van der Waals surface area contributed by atoms with E-state index in [9.17, 15) is 5.11 Å². The van der Waals surface area contributed by atoms with Gasteiger partial charge in [0.15, 0.2) is 0 Å². The fourth-order valence-corrected chi connectivity index (χ4v) is 3.23. The van der Waals surface area contributed by atoms with Crippen LogP contribution in [0, 0.1) is 11.3 Å². The number of rotatable bonds is 3. The zero-order valence-electron chi connectivity index (χ0n) is 12.0. The standard InChI is InChI=1S/C17H21N3O/c18-17(19)15-7-8-16(14-6-2-1-5-13(14)15)20-9-3-4-12(10-20)11-21/h1-2,5-8,12,21H,3-4,9-11H2,(H3,18,19). The van der Waals surface area contributed by atoms with Crippen LogP contribution in [0.2, 0.25) is 0 Å². The van der Waals surface area contributed by atoms with Crippen molar-refractivity contribution < 1.29 is 5.11 Å². The van der Waals surface area contributed by atoms with Crippen LogP contribution < -0.4 is 10.6 Å². The molecule has 1 aliphatic heterocycles. The maximum atomic E-state index is 9.41. The van der Waals surface area contributed by atoms with Gasteiger partial charge in [0.05, 0.1) is 0 Å². The lowest BCUT2D eigenvalue weighted by Crippen LogP contribution is -2.36. The van der Waals surface area contributed by atoms with E-state index in [1.54, 1.807) is 0 Å². The Balaban J connectivity index is 2.07. The lowest BCUT2D eigenvalue weighted by atomic mass is 9.96. The number of nitrogen functional groups attached to an aromatic ring is 1. The molecule has 0 saturated carbocycles. The summed E-state index contributed by atoms with van der Waals surface area (Å²) in [5.41, 5.74) is 7.65. The zero-order chi connectivity index (χ0) is 14.8. The van der Waals surface area contributed by atoms with E-state index in [0.29, 0.717) is 5.92 Å². The second-order valence-corrected chi connectivity index (χ2v) is 5.73. The van der Waals surface area contributed by atoms with E-state index in [0.717, 1.165) is 42.3 Å². The molecule has 110 valence electrons. The second kappa shape index (κ2) is 5.74. The average molecular weight is 283 g/mol. The number of benzene rings is 2. The second-order valence-electron chi connectivity index (χ2n) is 5.73. The predicted molar refractivity (Wildman–Crippen MR) is 87.0 cm³/mol. The summed E-state index contributed by atoms with van der Waals surface area (Å²) in [6.45, 7) is 2.15. The number of hydrogen-bond donors (Lipinski definition) is 3. The van der Waals surface area contributed by atoms with Crippen LogP contribution in [0.3, 0.4) is 0 Å². The van der Waals surface area contributed by atoms with Crippen molar-refractivity contribution >= 4 is 22.3 Å². The first-order chi connectivity index (χ1) is 10.2. The monoisotopic (exact) mass is 283 g/mol. The number of nitrogens with one attached hydrogen (secondary N) is 1. The summed E-state index contributed by atoms with van der Waals surface area (Å²) in [5.74, 6) is 0.453. The van der Waals surface area contributed by atoms with E-state index >= 15 is 0 Å². The highest BCUT2D eigenvalue weighted by atomic mass is 16.3. The van der Waals surface area contributed by atoms with E-state index in [1.165, 1.54) is 5.69 Å². The molecule has 0 aliphatic carbocycles. The van der Waals surface area contributed by atoms with E-state index in [1.807, 2.05) is 24.3 Å². The van der Waals surface area contributed by atoms with Gasteiger partial charge in [-0.05, 0) is 36.3 Å². The van der Waals surface area contributed by atoms with Crippen LogP contribution in [0.25, 0.3) is 10.8 Å². The van der Waals surface area contributed by atoms with Gasteiger partial charge in [-0.15, -0.1) is 0 Å². The summed E-state index contributed by atoms with van der Waals surface area (Å²) in [6, 6.07) is 12.1. The molecular formula is C17H21N3O. The highest BCUT2D eigenvalue weighted by Crippen LogP contribution is 2.32. The Labute approximate surface area is 124 Å². The quantitative estimate of drug-likeness (QED) is 0.598. The largest absolute Gasteiger partial charge is 0.396 e. The van der Waals surface area contributed by atoms with Gasteiger partial charge >= 0.3 is 0 Å². The molecular weight excluding hydrogens is 262 g/mol. The van der Waals surface area contributed by atoms with Crippen LogP contribution in [0.1, 0.15) is 18.4 Å². The first kappa shape index (κ1) is 13.9. The average Bonchev–Trinajstić information content (AvgIpc) is 2.53. The Bertz CT molecular complexity index is 668. The van der Waals surface area contributed by atoms with Gasteiger partial charge in [0, 0.05) is 36.3 Å². The molecule has 1 aliphatic rings. The molecule has 1 saturated heterocycles. The van der Waals surface area contributed by atoms with Gasteiger partial charge in [-0.3, -0.25) is 5.41 Å². The van der Waals surface area contributed by atoms with Crippen LogP contribution in [0.4, 0.5) is 5.69 Å². The molecule has 0 bridgehead atoms. The summed E-state index contributed by atoms with van der Waals surface area (Å²) < 4.78 is 0. The molecule has 0 aromatic heterocycles. The maximum absolute atomic E-state index is 9.41. The normalized spacial score (nSPS) is 18.9. The molecule has 2 aromatic carbocycles. The van der Waals surface area contributed by atoms with Gasteiger partial charge in [0.2, 0.25) is 0 Å². The van der Waals surface area contributed by atoms with Crippen molar-refractivity contribution in [3.8, 4) is 0 Å². The number of hydrogen-bond acceptors (Lipinski definition) is 3. The minimum Gasteiger partial charge on any atom is -0.396 e. The van der Waals surface area contributed by atoms with Crippen LogP contribution in [-0.2, 0) is 0 Å². The number of nitrogens with zero attached hydrogens (tertiary/aromatic N) is 1.